The molecule has 12 heavy (non-hydrogen) atoms. The topological polar surface area (TPSA) is 20.2 Å². The van der Waals surface area contributed by atoms with Crippen molar-refractivity contribution >= 4 is 0 Å². The lowest BCUT2D eigenvalue weighted by Gasteiger charge is -2.38. The van der Waals surface area contributed by atoms with E-state index in [-0.39, 0.29) is 0 Å². The Kier molecular flexibility index (Phi) is 1.95. The highest BCUT2D eigenvalue weighted by Crippen LogP contribution is 2.60. The minimum Gasteiger partial charge on any atom is -0.396 e. The van der Waals surface area contributed by atoms with E-state index in [0.717, 1.165) is 24.2 Å². The van der Waals surface area contributed by atoms with E-state index in [1.165, 1.54) is 19.3 Å². The lowest BCUT2D eigenvalue weighted by atomic mass is 9.67. The zero-order valence-electron chi connectivity index (χ0n) is 8.21. The lowest BCUT2D eigenvalue weighted by Crippen LogP contribution is -2.31. The Morgan fingerprint density at radius 2 is 2.08 bits per heavy atom. The highest BCUT2D eigenvalue weighted by Gasteiger charge is 2.51. The van der Waals surface area contributed by atoms with Crippen LogP contribution < -0.4 is 0 Å². The van der Waals surface area contributed by atoms with Gasteiger partial charge in [-0.05, 0) is 48.9 Å². The summed E-state index contributed by atoms with van der Waals surface area (Å²) in [4.78, 5) is 0. The lowest BCUT2D eigenvalue weighted by molar-refractivity contribution is 0.0940. The number of hydrogen-bond acceptors (Lipinski definition) is 1. The number of fused-ring (bicyclic) bond motifs is 2. The van der Waals surface area contributed by atoms with Gasteiger partial charge in [0.1, 0.15) is 0 Å². The van der Waals surface area contributed by atoms with Crippen molar-refractivity contribution in [3.8, 4) is 0 Å². The van der Waals surface area contributed by atoms with Gasteiger partial charge in [0.25, 0.3) is 0 Å². The van der Waals surface area contributed by atoms with Crippen molar-refractivity contribution in [2.24, 2.45) is 23.2 Å². The Labute approximate surface area is 75.2 Å². The third-order valence-corrected chi connectivity index (χ3v) is 4.49. The van der Waals surface area contributed by atoms with Gasteiger partial charge in [0, 0.05) is 6.61 Å². The SMILES string of the molecule is CC1(C)[C@H]2CC[C@H](C2)[C@H]1CCO. The second-order valence-electron chi connectivity index (χ2n) is 5.21. The third kappa shape index (κ3) is 1.02. The van der Waals surface area contributed by atoms with Crippen LogP contribution in [0, 0.1) is 23.2 Å². The summed E-state index contributed by atoms with van der Waals surface area (Å²) in [5.41, 5.74) is 0.519. The van der Waals surface area contributed by atoms with Crippen molar-refractivity contribution < 1.29 is 5.11 Å². The van der Waals surface area contributed by atoms with Gasteiger partial charge in [-0.25, -0.2) is 0 Å². The Morgan fingerprint density at radius 3 is 2.58 bits per heavy atom. The van der Waals surface area contributed by atoms with Gasteiger partial charge in [-0.2, -0.15) is 0 Å². The van der Waals surface area contributed by atoms with Crippen LogP contribution in [0.3, 0.4) is 0 Å². The van der Waals surface area contributed by atoms with Crippen LogP contribution in [0.2, 0.25) is 0 Å². The Balaban J connectivity index is 2.12. The largest absolute Gasteiger partial charge is 0.396 e. The van der Waals surface area contributed by atoms with E-state index in [1.807, 2.05) is 0 Å². The molecule has 0 aromatic rings. The van der Waals surface area contributed by atoms with Crippen molar-refractivity contribution in [3.63, 3.8) is 0 Å². The first-order valence-corrected chi connectivity index (χ1v) is 5.27. The van der Waals surface area contributed by atoms with E-state index in [2.05, 4.69) is 13.8 Å². The summed E-state index contributed by atoms with van der Waals surface area (Å²) in [6.07, 6.45) is 5.35. The second kappa shape index (κ2) is 2.73. The van der Waals surface area contributed by atoms with E-state index in [4.69, 9.17) is 5.11 Å². The molecule has 1 nitrogen and oxygen atoms in total. The van der Waals surface area contributed by atoms with Gasteiger partial charge < -0.3 is 5.11 Å². The van der Waals surface area contributed by atoms with Crippen molar-refractivity contribution in [2.75, 3.05) is 6.61 Å². The maximum atomic E-state index is 8.99. The van der Waals surface area contributed by atoms with Gasteiger partial charge in [-0.15, -0.1) is 0 Å². The summed E-state index contributed by atoms with van der Waals surface area (Å²) >= 11 is 0. The number of hydrogen-bond donors (Lipinski definition) is 1. The zero-order chi connectivity index (χ0) is 8.77. The summed E-state index contributed by atoms with van der Waals surface area (Å²) in [5, 5.41) is 8.99. The molecule has 3 atom stereocenters. The van der Waals surface area contributed by atoms with E-state index in [9.17, 15) is 0 Å². The minimum absolute atomic E-state index is 0.386. The van der Waals surface area contributed by atoms with Crippen LogP contribution in [0.15, 0.2) is 0 Å². The molecule has 1 N–H and O–H groups in total. The molecule has 0 saturated heterocycles. The molecule has 1 heteroatoms. The molecule has 0 radical (unpaired) electrons. The van der Waals surface area contributed by atoms with Gasteiger partial charge in [-0.3, -0.25) is 0 Å². The van der Waals surface area contributed by atoms with Gasteiger partial charge in [0.05, 0.1) is 0 Å². The standard InChI is InChI=1S/C11H20O/c1-11(2)9-4-3-8(7-9)10(11)5-6-12/h8-10,12H,3-7H2,1-2H3/t8-,9+,10-/m1/s1. The number of aliphatic hydroxyl groups excluding tert-OH is 1. The van der Waals surface area contributed by atoms with Crippen molar-refractivity contribution in [1.82, 2.24) is 0 Å². The number of rotatable bonds is 2. The molecule has 0 amide bonds. The molecule has 2 aliphatic rings. The number of aliphatic hydroxyl groups is 1. The minimum atomic E-state index is 0.386. The predicted molar refractivity (Wildman–Crippen MR) is 49.8 cm³/mol. The summed E-state index contributed by atoms with van der Waals surface area (Å²) in [6, 6.07) is 0. The Hall–Kier alpha value is -0.0400. The summed E-state index contributed by atoms with van der Waals surface area (Å²) < 4.78 is 0. The molecule has 0 aliphatic heterocycles. The highest BCUT2D eigenvalue weighted by atomic mass is 16.3. The first-order chi connectivity index (χ1) is 5.66. The molecule has 2 fully saturated rings. The van der Waals surface area contributed by atoms with E-state index >= 15 is 0 Å². The van der Waals surface area contributed by atoms with Crippen molar-refractivity contribution in [2.45, 2.75) is 39.5 Å². The summed E-state index contributed by atoms with van der Waals surface area (Å²) in [7, 11) is 0. The van der Waals surface area contributed by atoms with Crippen LogP contribution >= 0.6 is 0 Å². The molecule has 0 unspecified atom stereocenters. The van der Waals surface area contributed by atoms with Crippen LogP contribution in [0.25, 0.3) is 0 Å². The van der Waals surface area contributed by atoms with Gasteiger partial charge in [-0.1, -0.05) is 13.8 Å². The van der Waals surface area contributed by atoms with Gasteiger partial charge in [0.15, 0.2) is 0 Å². The average molecular weight is 168 g/mol. The monoisotopic (exact) mass is 168 g/mol. The molecular weight excluding hydrogens is 148 g/mol. The van der Waals surface area contributed by atoms with E-state index < -0.39 is 0 Å². The first kappa shape index (κ1) is 8.55. The molecule has 2 saturated carbocycles. The predicted octanol–water partition coefficient (Wildman–Crippen LogP) is 2.44. The third-order valence-electron chi connectivity index (χ3n) is 4.49. The fourth-order valence-corrected chi connectivity index (χ4v) is 3.71. The molecule has 70 valence electrons. The zero-order valence-corrected chi connectivity index (χ0v) is 8.21. The fraction of sp³-hybridized carbons (Fsp3) is 1.00. The maximum Gasteiger partial charge on any atom is 0.0433 e. The van der Waals surface area contributed by atoms with Crippen molar-refractivity contribution in [3.05, 3.63) is 0 Å². The Bertz CT molecular complexity index is 174. The fourth-order valence-electron chi connectivity index (χ4n) is 3.71. The van der Waals surface area contributed by atoms with Crippen LogP contribution in [0.4, 0.5) is 0 Å². The molecular formula is C11H20O. The smallest absolute Gasteiger partial charge is 0.0433 e. The summed E-state index contributed by atoms with van der Waals surface area (Å²) in [6.45, 7) is 5.19. The normalized spacial score (nSPS) is 43.8. The molecule has 0 aromatic carbocycles. The molecule has 2 aliphatic carbocycles. The second-order valence-corrected chi connectivity index (χ2v) is 5.21. The molecule has 0 spiro atoms. The molecule has 0 aromatic heterocycles. The van der Waals surface area contributed by atoms with Crippen LogP contribution in [0.1, 0.15) is 39.5 Å². The van der Waals surface area contributed by atoms with Gasteiger partial charge in [0.2, 0.25) is 0 Å². The quantitative estimate of drug-likeness (QED) is 0.671. The van der Waals surface area contributed by atoms with Gasteiger partial charge >= 0.3 is 0 Å². The van der Waals surface area contributed by atoms with Crippen molar-refractivity contribution in [1.29, 1.82) is 0 Å². The first-order valence-electron chi connectivity index (χ1n) is 5.27. The van der Waals surface area contributed by atoms with E-state index in [0.29, 0.717) is 12.0 Å². The van der Waals surface area contributed by atoms with Crippen LogP contribution in [0.5, 0.6) is 0 Å². The van der Waals surface area contributed by atoms with E-state index in [1.54, 1.807) is 0 Å². The summed E-state index contributed by atoms with van der Waals surface area (Å²) in [5.74, 6) is 2.71. The molecule has 2 rings (SSSR count). The highest BCUT2D eigenvalue weighted by molar-refractivity contribution is 5.01. The Morgan fingerprint density at radius 1 is 1.33 bits per heavy atom. The average Bonchev–Trinajstić information content (AvgIpc) is 2.53. The van der Waals surface area contributed by atoms with Crippen LogP contribution in [-0.4, -0.2) is 11.7 Å². The maximum absolute atomic E-state index is 8.99. The van der Waals surface area contributed by atoms with Crippen LogP contribution in [-0.2, 0) is 0 Å². The molecule has 2 bridgehead atoms. The molecule has 0 heterocycles.